The zero-order valence-corrected chi connectivity index (χ0v) is 27.4. The molecule has 0 saturated carbocycles. The first-order valence-electron chi connectivity index (χ1n) is 15.0. The minimum Gasteiger partial charge on any atom is -0.487 e. The van der Waals surface area contributed by atoms with Crippen LogP contribution in [-0.2, 0) is 29.2 Å². The normalized spacial score (nSPS) is 10.8. The maximum absolute atomic E-state index is 13.0. The molecule has 0 radical (unpaired) electrons. The highest BCUT2D eigenvalue weighted by Crippen LogP contribution is 2.35. The van der Waals surface area contributed by atoms with E-state index in [2.05, 4.69) is 20.6 Å². The molecule has 2 aromatic heterocycles. The number of aryl methyl sites for hydroxylation is 2. The molecule has 240 valence electrons. The van der Waals surface area contributed by atoms with Crippen LogP contribution >= 0.6 is 23.2 Å². The molecule has 0 aliphatic heterocycles. The number of benzene rings is 3. The first-order valence-corrected chi connectivity index (χ1v) is 15.7. The first-order chi connectivity index (χ1) is 22.7. The molecule has 47 heavy (non-hydrogen) atoms. The van der Waals surface area contributed by atoms with Crippen LogP contribution in [0.1, 0.15) is 39.3 Å². The van der Waals surface area contributed by atoms with Crippen molar-refractivity contribution in [2.75, 3.05) is 18.5 Å². The van der Waals surface area contributed by atoms with E-state index in [1.165, 1.54) is 4.90 Å². The van der Waals surface area contributed by atoms with Crippen LogP contribution < -0.4 is 20.3 Å². The third kappa shape index (κ3) is 8.64. The lowest BCUT2D eigenvalue weighted by Gasteiger charge is -2.21. The van der Waals surface area contributed by atoms with Crippen molar-refractivity contribution < 1.29 is 19.1 Å². The molecule has 0 spiro atoms. The largest absolute Gasteiger partial charge is 0.487 e. The smallest absolute Gasteiger partial charge is 0.251 e. The molecular weight excluding hydrogens is 637 g/mol. The van der Waals surface area contributed by atoms with Gasteiger partial charge in [-0.3, -0.25) is 19.4 Å². The number of fused-ring (bicyclic) bond motifs is 1. The number of para-hydroxylation sites is 1. The lowest BCUT2D eigenvalue weighted by atomic mass is 10.1. The Bertz CT molecular complexity index is 1900. The van der Waals surface area contributed by atoms with Crippen LogP contribution in [0.15, 0.2) is 91.1 Å². The number of carbonyl (C=O) groups is 3. The lowest BCUT2D eigenvalue weighted by molar-refractivity contribution is -0.124. The standard InChI is InChI=1S/C36H33Cl2N5O4/c1-23-9-13-25-6-5-8-31(35(25)42-23)47-22-28-29(37)16-17-30(34(28)38)43(2)33(45)21-40-32(44)18-12-24-10-14-26(15-11-24)36(46)41-20-27-7-3-4-19-39-27/h3-11,13-17,19H,12,18,20-22H2,1-2H3,(H,40,44)(H,41,46). The summed E-state index contributed by atoms with van der Waals surface area (Å²) in [7, 11) is 1.58. The fourth-order valence-corrected chi connectivity index (χ4v) is 5.44. The third-order valence-electron chi connectivity index (χ3n) is 7.55. The van der Waals surface area contributed by atoms with Crippen LogP contribution in [0, 0.1) is 6.92 Å². The van der Waals surface area contributed by atoms with Crippen LogP contribution in [0.25, 0.3) is 10.9 Å². The van der Waals surface area contributed by atoms with E-state index >= 15 is 0 Å². The highest BCUT2D eigenvalue weighted by molar-refractivity contribution is 6.38. The summed E-state index contributed by atoms with van der Waals surface area (Å²) >= 11 is 13.2. The van der Waals surface area contributed by atoms with Gasteiger partial charge in [0, 0.05) is 46.9 Å². The van der Waals surface area contributed by atoms with Crippen molar-refractivity contribution in [3.8, 4) is 5.75 Å². The molecular formula is C36H33Cl2N5O4. The molecule has 0 aliphatic rings. The van der Waals surface area contributed by atoms with Gasteiger partial charge in [-0.25, -0.2) is 4.98 Å². The molecule has 3 aromatic carbocycles. The van der Waals surface area contributed by atoms with Crippen molar-refractivity contribution in [2.45, 2.75) is 32.9 Å². The minimum absolute atomic E-state index is 0.0653. The van der Waals surface area contributed by atoms with Gasteiger partial charge in [0.05, 0.1) is 29.5 Å². The van der Waals surface area contributed by atoms with Gasteiger partial charge in [-0.1, -0.05) is 59.6 Å². The maximum atomic E-state index is 13.0. The molecule has 0 fully saturated rings. The summed E-state index contributed by atoms with van der Waals surface area (Å²) in [6.07, 6.45) is 2.30. The quantitative estimate of drug-likeness (QED) is 0.158. The molecule has 2 N–H and O–H groups in total. The minimum atomic E-state index is -0.357. The summed E-state index contributed by atoms with van der Waals surface area (Å²) in [6, 6.07) is 25.5. The molecule has 3 amide bonds. The van der Waals surface area contributed by atoms with Gasteiger partial charge < -0.3 is 20.3 Å². The predicted molar refractivity (Wildman–Crippen MR) is 184 cm³/mol. The summed E-state index contributed by atoms with van der Waals surface area (Å²) in [5.41, 5.74) is 4.73. The molecule has 2 heterocycles. The van der Waals surface area contributed by atoms with Gasteiger partial charge in [0.2, 0.25) is 11.8 Å². The summed E-state index contributed by atoms with van der Waals surface area (Å²) < 4.78 is 6.09. The van der Waals surface area contributed by atoms with Gasteiger partial charge in [0.1, 0.15) is 17.9 Å². The van der Waals surface area contributed by atoms with Gasteiger partial charge in [-0.2, -0.15) is 0 Å². The molecule has 0 aliphatic carbocycles. The number of aromatic nitrogens is 2. The third-order valence-corrected chi connectivity index (χ3v) is 8.32. The summed E-state index contributed by atoms with van der Waals surface area (Å²) in [5, 5.41) is 7.14. The van der Waals surface area contributed by atoms with Gasteiger partial charge in [-0.05, 0) is 67.4 Å². The number of ether oxygens (including phenoxy) is 1. The molecule has 11 heteroatoms. The topological polar surface area (TPSA) is 114 Å². The Kier molecular flexibility index (Phi) is 11.0. The van der Waals surface area contributed by atoms with Gasteiger partial charge in [0.25, 0.3) is 5.91 Å². The Morgan fingerprint density at radius 2 is 1.70 bits per heavy atom. The Balaban J connectivity index is 1.11. The number of nitrogens with one attached hydrogen (secondary N) is 2. The van der Waals surface area contributed by atoms with Crippen LogP contribution in [0.5, 0.6) is 5.75 Å². The van der Waals surface area contributed by atoms with Gasteiger partial charge in [-0.15, -0.1) is 0 Å². The Morgan fingerprint density at radius 3 is 2.47 bits per heavy atom. The number of pyridine rings is 2. The van der Waals surface area contributed by atoms with E-state index in [0.717, 1.165) is 27.9 Å². The fourth-order valence-electron chi connectivity index (χ4n) is 4.83. The van der Waals surface area contributed by atoms with Crippen molar-refractivity contribution in [2.24, 2.45) is 0 Å². The Morgan fingerprint density at radius 1 is 0.894 bits per heavy atom. The van der Waals surface area contributed by atoms with Gasteiger partial charge >= 0.3 is 0 Å². The van der Waals surface area contributed by atoms with E-state index in [9.17, 15) is 14.4 Å². The average molecular weight is 671 g/mol. The number of hydrogen-bond donors (Lipinski definition) is 2. The number of anilines is 1. The fraction of sp³-hybridized carbons (Fsp3) is 0.194. The highest BCUT2D eigenvalue weighted by Gasteiger charge is 2.20. The number of nitrogens with zero attached hydrogens (tertiary/aromatic N) is 3. The van der Waals surface area contributed by atoms with Crippen molar-refractivity contribution >= 4 is 57.5 Å². The van der Waals surface area contributed by atoms with E-state index in [0.29, 0.717) is 40.6 Å². The summed E-state index contributed by atoms with van der Waals surface area (Å²) in [6.45, 7) is 2.10. The van der Waals surface area contributed by atoms with E-state index in [1.807, 2.05) is 67.6 Å². The number of halogens is 2. The zero-order chi connectivity index (χ0) is 33.3. The highest BCUT2D eigenvalue weighted by atomic mass is 35.5. The number of carbonyl (C=O) groups excluding carboxylic acids is 3. The summed E-state index contributed by atoms with van der Waals surface area (Å²) in [4.78, 5) is 48.2. The van der Waals surface area contributed by atoms with Crippen molar-refractivity contribution in [1.29, 1.82) is 0 Å². The first kappa shape index (κ1) is 33.4. The number of rotatable bonds is 12. The average Bonchev–Trinajstić information content (AvgIpc) is 3.09. The van der Waals surface area contributed by atoms with Crippen LogP contribution in [0.3, 0.4) is 0 Å². The molecule has 0 unspecified atom stereocenters. The maximum Gasteiger partial charge on any atom is 0.251 e. The van der Waals surface area contributed by atoms with Gasteiger partial charge in [0.15, 0.2) is 0 Å². The van der Waals surface area contributed by atoms with Crippen LogP contribution in [0.4, 0.5) is 5.69 Å². The van der Waals surface area contributed by atoms with E-state index in [-0.39, 0.29) is 42.3 Å². The molecule has 9 nitrogen and oxygen atoms in total. The van der Waals surface area contributed by atoms with Crippen LogP contribution in [0.2, 0.25) is 10.0 Å². The predicted octanol–water partition coefficient (Wildman–Crippen LogP) is 6.47. The number of likely N-dealkylation sites (N-methyl/N-ethyl adjacent to an activating group) is 1. The van der Waals surface area contributed by atoms with E-state index in [4.69, 9.17) is 27.9 Å². The van der Waals surface area contributed by atoms with Crippen LogP contribution in [-0.4, -0.2) is 41.3 Å². The number of amides is 3. The van der Waals surface area contributed by atoms with Crippen molar-refractivity contribution in [1.82, 2.24) is 20.6 Å². The second kappa shape index (κ2) is 15.5. The SMILES string of the molecule is Cc1ccc2cccc(OCc3c(Cl)ccc(N(C)C(=O)CNC(=O)CCc4ccc(C(=O)NCc5ccccn5)cc4)c3Cl)c2n1. The lowest BCUT2D eigenvalue weighted by Crippen LogP contribution is -2.38. The second-order valence-electron chi connectivity index (χ2n) is 10.9. The van der Waals surface area contributed by atoms with E-state index < -0.39 is 0 Å². The van der Waals surface area contributed by atoms with E-state index in [1.54, 1.807) is 37.5 Å². The second-order valence-corrected chi connectivity index (χ2v) is 11.6. The molecule has 0 bridgehead atoms. The molecule has 0 saturated heterocycles. The monoisotopic (exact) mass is 669 g/mol. The molecule has 0 atom stereocenters. The summed E-state index contributed by atoms with van der Waals surface area (Å²) in [5.74, 6) is -0.252. The number of hydrogen-bond acceptors (Lipinski definition) is 6. The zero-order valence-electron chi connectivity index (χ0n) is 25.9. The molecule has 5 aromatic rings. The Labute approximate surface area is 282 Å². The van der Waals surface area contributed by atoms with Crippen molar-refractivity contribution in [3.05, 3.63) is 129 Å². The Hall–Kier alpha value is -4.99. The van der Waals surface area contributed by atoms with Crippen molar-refractivity contribution in [3.63, 3.8) is 0 Å². The molecule has 5 rings (SSSR count).